The average molecular weight is 655 g/mol. The van der Waals surface area contributed by atoms with Crippen LogP contribution in [0, 0.1) is 11.7 Å². The summed E-state index contributed by atoms with van der Waals surface area (Å²) in [6.45, 7) is 6.47. The fourth-order valence-electron chi connectivity index (χ4n) is 4.02. The van der Waals surface area contributed by atoms with Crippen LogP contribution in [-0.4, -0.2) is 67.8 Å². The van der Waals surface area contributed by atoms with Crippen LogP contribution in [0.3, 0.4) is 0 Å². The number of halogens is 5. The minimum Gasteiger partial charge on any atom is -0.475 e. The van der Waals surface area contributed by atoms with Crippen molar-refractivity contribution >= 4 is 41.2 Å². The van der Waals surface area contributed by atoms with E-state index in [2.05, 4.69) is 25.6 Å². The molecular formula is C29H31ClF4N6O5. The molecule has 0 bridgehead atoms. The zero-order valence-corrected chi connectivity index (χ0v) is 25.2. The highest BCUT2D eigenvalue weighted by atomic mass is 35.5. The molecule has 0 saturated carbocycles. The summed E-state index contributed by atoms with van der Waals surface area (Å²) in [5, 5.41) is 13.4. The number of amides is 2. The standard InChI is InChI=1S/C27H30ClFN6O3.C2HF3O2/c1-27(2,3)38-26(37)35-10-6-8-18(16-35)25(36)34-23-11-19(20(28)13-32-23)22-14-30-15-24(33-22)31-12-17-7-4-5-9-21(17)29;3-2(4,5)1(6)7/h4-5,7,9,11,13-15,18H,6,8,10,12,16H2,1-3H3,(H,31,33)(H,32,34,36);(H,6,7)/t18-;/m1./s1. The molecule has 1 aliphatic rings. The molecule has 2 amide bonds. The highest BCUT2D eigenvalue weighted by Crippen LogP contribution is 2.29. The van der Waals surface area contributed by atoms with Crippen molar-refractivity contribution in [2.45, 2.75) is 51.9 Å². The predicted octanol–water partition coefficient (Wildman–Crippen LogP) is 6.16. The van der Waals surface area contributed by atoms with E-state index in [-0.39, 0.29) is 24.8 Å². The second-order valence-electron chi connectivity index (χ2n) is 10.8. The summed E-state index contributed by atoms with van der Waals surface area (Å²) in [5.74, 6) is -2.97. The Morgan fingerprint density at radius 3 is 2.44 bits per heavy atom. The Hall–Kier alpha value is -4.53. The van der Waals surface area contributed by atoms with Gasteiger partial charge in [0, 0.05) is 37.0 Å². The van der Waals surface area contributed by atoms with Gasteiger partial charge in [-0.05, 0) is 45.7 Å². The highest BCUT2D eigenvalue weighted by Gasteiger charge is 2.38. The lowest BCUT2D eigenvalue weighted by atomic mass is 9.97. The minimum atomic E-state index is -5.08. The largest absolute Gasteiger partial charge is 0.490 e. The lowest BCUT2D eigenvalue weighted by Gasteiger charge is -2.33. The monoisotopic (exact) mass is 654 g/mol. The number of nitrogens with one attached hydrogen (secondary N) is 2. The fourth-order valence-corrected chi connectivity index (χ4v) is 4.22. The van der Waals surface area contributed by atoms with Crippen molar-refractivity contribution in [1.29, 1.82) is 0 Å². The van der Waals surface area contributed by atoms with Gasteiger partial charge in [-0.15, -0.1) is 0 Å². The van der Waals surface area contributed by atoms with Crippen LogP contribution in [-0.2, 0) is 20.9 Å². The van der Waals surface area contributed by atoms with E-state index >= 15 is 0 Å². The van der Waals surface area contributed by atoms with E-state index in [1.165, 1.54) is 18.5 Å². The lowest BCUT2D eigenvalue weighted by Crippen LogP contribution is -2.45. The normalized spacial score (nSPS) is 14.9. The van der Waals surface area contributed by atoms with Gasteiger partial charge in [0.1, 0.15) is 23.1 Å². The van der Waals surface area contributed by atoms with E-state index in [0.717, 1.165) is 0 Å². The summed E-state index contributed by atoms with van der Waals surface area (Å²) in [5.41, 5.74) is 0.876. The third-order valence-electron chi connectivity index (χ3n) is 6.12. The molecule has 3 aromatic rings. The van der Waals surface area contributed by atoms with Crippen molar-refractivity contribution in [3.8, 4) is 11.3 Å². The summed E-state index contributed by atoms with van der Waals surface area (Å²) in [4.78, 5) is 48.9. The number of carbonyl (C=O) groups excluding carboxylic acids is 2. The minimum absolute atomic E-state index is 0.234. The van der Waals surface area contributed by atoms with Gasteiger partial charge in [0.15, 0.2) is 0 Å². The average Bonchev–Trinajstić information content (AvgIpc) is 2.97. The van der Waals surface area contributed by atoms with Crippen LogP contribution in [0.4, 0.5) is 34.0 Å². The van der Waals surface area contributed by atoms with Crippen molar-refractivity contribution in [2.75, 3.05) is 23.7 Å². The van der Waals surface area contributed by atoms with Crippen molar-refractivity contribution < 1.29 is 41.8 Å². The number of hydrogen-bond donors (Lipinski definition) is 3. The number of piperidine rings is 1. The Balaban J connectivity index is 0.000000707. The second kappa shape index (κ2) is 15.0. The number of aliphatic carboxylic acids is 1. The third kappa shape index (κ3) is 10.8. The Labute approximate surface area is 261 Å². The first-order valence-corrected chi connectivity index (χ1v) is 14.0. The molecule has 2 aromatic heterocycles. The molecule has 3 N–H and O–H groups in total. The van der Waals surface area contributed by atoms with E-state index in [9.17, 15) is 27.2 Å². The zero-order chi connectivity index (χ0) is 33.4. The van der Waals surface area contributed by atoms with Gasteiger partial charge >= 0.3 is 18.2 Å². The molecule has 3 heterocycles. The molecule has 4 rings (SSSR count). The summed E-state index contributed by atoms with van der Waals surface area (Å²) < 4.78 is 51.1. The number of anilines is 2. The number of pyridine rings is 1. The third-order valence-corrected chi connectivity index (χ3v) is 6.42. The number of carboxylic acids is 1. The van der Waals surface area contributed by atoms with E-state index in [1.807, 2.05) is 20.8 Å². The summed E-state index contributed by atoms with van der Waals surface area (Å²) >= 11 is 6.40. The van der Waals surface area contributed by atoms with Gasteiger partial charge in [-0.3, -0.25) is 9.78 Å². The van der Waals surface area contributed by atoms with Crippen LogP contribution >= 0.6 is 11.6 Å². The molecule has 16 heteroatoms. The Morgan fingerprint density at radius 1 is 1.11 bits per heavy atom. The quantitative estimate of drug-likeness (QED) is 0.266. The van der Waals surface area contributed by atoms with Gasteiger partial charge in [-0.1, -0.05) is 29.8 Å². The van der Waals surface area contributed by atoms with E-state index in [1.54, 1.807) is 35.4 Å². The number of benzene rings is 1. The molecule has 11 nitrogen and oxygen atoms in total. The molecule has 1 saturated heterocycles. The van der Waals surface area contributed by atoms with Crippen LogP contribution in [0.1, 0.15) is 39.2 Å². The maximum absolute atomic E-state index is 13.9. The topological polar surface area (TPSA) is 147 Å². The van der Waals surface area contributed by atoms with Crippen LogP contribution in [0.5, 0.6) is 0 Å². The van der Waals surface area contributed by atoms with Gasteiger partial charge in [-0.2, -0.15) is 13.2 Å². The number of carbonyl (C=O) groups is 3. The molecule has 242 valence electrons. The molecule has 0 unspecified atom stereocenters. The first-order chi connectivity index (χ1) is 21.0. The van der Waals surface area contributed by atoms with Crippen molar-refractivity contribution in [3.05, 3.63) is 65.3 Å². The molecule has 1 aromatic carbocycles. The molecular weight excluding hydrogens is 624 g/mol. The molecule has 0 aliphatic carbocycles. The van der Waals surface area contributed by atoms with Crippen molar-refractivity contribution in [3.63, 3.8) is 0 Å². The van der Waals surface area contributed by atoms with Gasteiger partial charge < -0.3 is 25.4 Å². The number of hydrogen-bond acceptors (Lipinski definition) is 8. The Morgan fingerprint density at radius 2 is 1.80 bits per heavy atom. The summed E-state index contributed by atoms with van der Waals surface area (Å²) in [7, 11) is 0. The highest BCUT2D eigenvalue weighted by molar-refractivity contribution is 6.33. The van der Waals surface area contributed by atoms with Gasteiger partial charge in [0.2, 0.25) is 5.91 Å². The number of likely N-dealkylation sites (tertiary alicyclic amines) is 1. The number of rotatable bonds is 6. The zero-order valence-electron chi connectivity index (χ0n) is 24.5. The SMILES string of the molecule is CC(C)(C)OC(=O)N1CCC[C@@H](C(=O)Nc2cc(-c3cncc(NCc4ccccc4F)n3)c(Cl)cn2)C1.O=C(O)C(F)(F)F. The van der Waals surface area contributed by atoms with Gasteiger partial charge in [-0.25, -0.2) is 23.9 Å². The van der Waals surface area contributed by atoms with Crippen molar-refractivity contribution in [1.82, 2.24) is 19.9 Å². The first-order valence-electron chi connectivity index (χ1n) is 13.6. The Kier molecular flexibility index (Phi) is 11.6. The molecule has 1 aliphatic heterocycles. The van der Waals surface area contributed by atoms with Crippen LogP contribution in [0.2, 0.25) is 5.02 Å². The number of alkyl halides is 3. The number of aromatic nitrogens is 3. The van der Waals surface area contributed by atoms with Crippen LogP contribution in [0.25, 0.3) is 11.3 Å². The van der Waals surface area contributed by atoms with E-state index in [4.69, 9.17) is 26.2 Å². The molecule has 0 spiro atoms. The van der Waals surface area contributed by atoms with Gasteiger partial charge in [0.05, 0.1) is 29.0 Å². The maximum Gasteiger partial charge on any atom is 0.490 e. The van der Waals surface area contributed by atoms with E-state index < -0.39 is 29.8 Å². The Bertz CT molecular complexity index is 1520. The second-order valence-corrected chi connectivity index (χ2v) is 11.2. The summed E-state index contributed by atoms with van der Waals surface area (Å²) in [6.07, 6.45) is 0.333. The lowest BCUT2D eigenvalue weighted by molar-refractivity contribution is -0.192. The number of ether oxygens (including phenoxy) is 1. The van der Waals surface area contributed by atoms with Crippen LogP contribution in [0.15, 0.2) is 48.9 Å². The fraction of sp³-hybridized carbons (Fsp3) is 0.379. The first kappa shape index (κ1) is 35.0. The molecule has 1 fully saturated rings. The maximum atomic E-state index is 13.9. The molecule has 0 radical (unpaired) electrons. The van der Waals surface area contributed by atoms with E-state index in [0.29, 0.717) is 52.9 Å². The molecule has 45 heavy (non-hydrogen) atoms. The summed E-state index contributed by atoms with van der Waals surface area (Å²) in [6, 6.07) is 8.10. The predicted molar refractivity (Wildman–Crippen MR) is 157 cm³/mol. The smallest absolute Gasteiger partial charge is 0.475 e. The van der Waals surface area contributed by atoms with Crippen molar-refractivity contribution in [2.24, 2.45) is 5.92 Å². The van der Waals surface area contributed by atoms with Crippen LogP contribution < -0.4 is 10.6 Å². The number of nitrogens with zero attached hydrogens (tertiary/aromatic N) is 4. The number of carboxylic acid groups (broad SMARTS) is 1. The molecule has 1 atom stereocenters. The van der Waals surface area contributed by atoms with Gasteiger partial charge in [0.25, 0.3) is 0 Å².